The number of hydrogen-bond acceptors (Lipinski definition) is 7. The predicted octanol–water partition coefficient (Wildman–Crippen LogP) is 2.70. The Bertz CT molecular complexity index is 883. The Morgan fingerprint density at radius 1 is 1.21 bits per heavy atom. The molecule has 158 valence electrons. The van der Waals surface area contributed by atoms with Gasteiger partial charge in [0.25, 0.3) is 12.3 Å². The van der Waals surface area contributed by atoms with Gasteiger partial charge >= 0.3 is 0 Å². The summed E-state index contributed by atoms with van der Waals surface area (Å²) in [7, 11) is 0. The molecule has 11 heteroatoms. The molecule has 3 atom stereocenters. The van der Waals surface area contributed by atoms with E-state index in [-0.39, 0.29) is 41.6 Å². The summed E-state index contributed by atoms with van der Waals surface area (Å²) in [4.78, 5) is 12.3. The fourth-order valence-corrected chi connectivity index (χ4v) is 3.79. The molecule has 1 aliphatic heterocycles. The molecule has 1 saturated carbocycles. The zero-order chi connectivity index (χ0) is 20.6. The van der Waals surface area contributed by atoms with Crippen molar-refractivity contribution in [2.45, 2.75) is 56.2 Å². The summed E-state index contributed by atoms with van der Waals surface area (Å²) < 4.78 is 54.6. The Morgan fingerprint density at radius 3 is 2.72 bits per heavy atom. The zero-order valence-corrected chi connectivity index (χ0v) is 15.5. The molecular formula is C18H22F4N6O. The lowest BCUT2D eigenvalue weighted by Gasteiger charge is -2.29. The van der Waals surface area contributed by atoms with E-state index in [0.29, 0.717) is 25.9 Å². The van der Waals surface area contributed by atoms with Crippen LogP contribution >= 0.6 is 0 Å². The second-order valence-electron chi connectivity index (χ2n) is 7.49. The minimum Gasteiger partial charge on any atom is -0.390 e. The number of piperidine rings is 1. The first-order valence-corrected chi connectivity index (χ1v) is 9.59. The van der Waals surface area contributed by atoms with Crippen LogP contribution in [0.5, 0.6) is 0 Å². The Labute approximate surface area is 164 Å². The number of anilines is 2. The van der Waals surface area contributed by atoms with Crippen LogP contribution in [0.3, 0.4) is 0 Å². The summed E-state index contributed by atoms with van der Waals surface area (Å²) >= 11 is 0. The van der Waals surface area contributed by atoms with Crippen molar-refractivity contribution in [1.29, 1.82) is 0 Å². The lowest BCUT2D eigenvalue weighted by Crippen LogP contribution is -2.47. The van der Waals surface area contributed by atoms with E-state index in [0.717, 1.165) is 6.07 Å². The number of pyridine rings is 1. The van der Waals surface area contributed by atoms with Gasteiger partial charge in [-0.2, -0.15) is 0 Å². The summed E-state index contributed by atoms with van der Waals surface area (Å²) in [5, 5.41) is 19.1. The smallest absolute Gasteiger partial charge is 0.280 e. The average Bonchev–Trinajstić information content (AvgIpc) is 3.01. The molecule has 0 radical (unpaired) electrons. The van der Waals surface area contributed by atoms with E-state index >= 15 is 0 Å². The maximum atomic E-state index is 14.1. The summed E-state index contributed by atoms with van der Waals surface area (Å²) in [5.41, 5.74) is -0.350. The van der Waals surface area contributed by atoms with Crippen molar-refractivity contribution in [3.63, 3.8) is 0 Å². The van der Waals surface area contributed by atoms with E-state index in [1.54, 1.807) is 0 Å². The Hall–Kier alpha value is -2.27. The highest BCUT2D eigenvalue weighted by molar-refractivity contribution is 5.89. The average molecular weight is 414 g/mol. The molecule has 1 aliphatic carbocycles. The molecule has 0 spiro atoms. The number of rotatable bonds is 5. The first kappa shape index (κ1) is 20.0. The SMILES string of the molecule is O[C@@H]1CNCC[C@@H]1Nc1ncc2cc(C(F)F)nc(NC3CCCC3(F)F)c2n1. The lowest BCUT2D eigenvalue weighted by atomic mass is 10.0. The van der Waals surface area contributed by atoms with Crippen molar-refractivity contribution in [1.82, 2.24) is 20.3 Å². The van der Waals surface area contributed by atoms with E-state index in [2.05, 4.69) is 30.9 Å². The fraction of sp³-hybridized carbons (Fsp3) is 0.611. The van der Waals surface area contributed by atoms with Crippen LogP contribution in [0.25, 0.3) is 10.9 Å². The van der Waals surface area contributed by atoms with Crippen molar-refractivity contribution in [3.05, 3.63) is 18.0 Å². The van der Waals surface area contributed by atoms with Crippen molar-refractivity contribution >= 4 is 22.7 Å². The molecule has 4 rings (SSSR count). The first-order chi connectivity index (χ1) is 13.8. The standard InChI is InChI=1S/C18H22F4N6O/c19-15(20)11-6-9-7-24-17(26-10-3-5-23-8-12(10)29)28-14(9)16(25-11)27-13-2-1-4-18(13,21)22/h6-7,10,12-13,15,23,29H,1-5,8H2,(H,25,27)(H,24,26,28)/t10-,12+,13?/m0/s1. The van der Waals surface area contributed by atoms with Crippen molar-refractivity contribution in [2.75, 3.05) is 23.7 Å². The minimum atomic E-state index is -2.94. The number of alkyl halides is 4. The molecule has 0 aromatic carbocycles. The number of aromatic nitrogens is 3. The molecule has 2 fully saturated rings. The zero-order valence-electron chi connectivity index (χ0n) is 15.5. The second-order valence-corrected chi connectivity index (χ2v) is 7.49. The number of aliphatic hydroxyl groups is 1. The van der Waals surface area contributed by atoms with Gasteiger partial charge in [-0.05, 0) is 31.9 Å². The van der Waals surface area contributed by atoms with Gasteiger partial charge in [0.15, 0.2) is 5.82 Å². The highest BCUT2D eigenvalue weighted by atomic mass is 19.3. The van der Waals surface area contributed by atoms with Gasteiger partial charge in [0.05, 0.1) is 18.2 Å². The number of nitrogens with one attached hydrogen (secondary N) is 3. The van der Waals surface area contributed by atoms with E-state index in [9.17, 15) is 22.7 Å². The normalized spacial score (nSPS) is 26.8. The van der Waals surface area contributed by atoms with Gasteiger partial charge in [-0.15, -0.1) is 0 Å². The predicted molar refractivity (Wildman–Crippen MR) is 99.4 cm³/mol. The quantitative estimate of drug-likeness (QED) is 0.559. The van der Waals surface area contributed by atoms with Crippen LogP contribution in [0.1, 0.15) is 37.8 Å². The van der Waals surface area contributed by atoms with E-state index < -0.39 is 30.2 Å². The van der Waals surface area contributed by atoms with Gasteiger partial charge in [-0.25, -0.2) is 32.5 Å². The Balaban J connectivity index is 1.68. The summed E-state index contributed by atoms with van der Waals surface area (Å²) in [6.45, 7) is 1.14. The monoisotopic (exact) mass is 414 g/mol. The largest absolute Gasteiger partial charge is 0.390 e. The number of nitrogens with zero attached hydrogens (tertiary/aromatic N) is 3. The van der Waals surface area contributed by atoms with Crippen molar-refractivity contribution in [3.8, 4) is 0 Å². The van der Waals surface area contributed by atoms with Crippen LogP contribution in [0.15, 0.2) is 12.3 Å². The molecule has 29 heavy (non-hydrogen) atoms. The van der Waals surface area contributed by atoms with E-state index in [1.807, 2.05) is 0 Å². The van der Waals surface area contributed by atoms with E-state index in [4.69, 9.17) is 0 Å². The third-order valence-electron chi connectivity index (χ3n) is 5.40. The van der Waals surface area contributed by atoms with Crippen LogP contribution in [0.4, 0.5) is 29.3 Å². The number of aliphatic hydroxyl groups excluding tert-OH is 1. The molecule has 1 saturated heterocycles. The molecule has 0 bridgehead atoms. The molecule has 2 aromatic rings. The van der Waals surface area contributed by atoms with Crippen LogP contribution in [-0.2, 0) is 0 Å². The Morgan fingerprint density at radius 2 is 2.03 bits per heavy atom. The molecular weight excluding hydrogens is 392 g/mol. The van der Waals surface area contributed by atoms with Gasteiger partial charge in [0.2, 0.25) is 5.95 Å². The number of β-amino-alcohol motifs (C(OH)–C–C–N with tert-alkyl or cyclic N) is 1. The summed E-state index contributed by atoms with van der Waals surface area (Å²) in [5.74, 6) is -2.88. The summed E-state index contributed by atoms with van der Waals surface area (Å²) in [6.07, 6.45) is -1.20. The molecule has 0 amide bonds. The molecule has 2 aromatic heterocycles. The minimum absolute atomic E-state index is 0.110. The van der Waals surface area contributed by atoms with Crippen LogP contribution in [0, 0.1) is 0 Å². The number of halogens is 4. The third kappa shape index (κ3) is 4.20. The molecule has 3 heterocycles. The molecule has 7 nitrogen and oxygen atoms in total. The van der Waals surface area contributed by atoms with Gasteiger partial charge in [-0.3, -0.25) is 0 Å². The van der Waals surface area contributed by atoms with Crippen LogP contribution in [0.2, 0.25) is 0 Å². The molecule has 4 N–H and O–H groups in total. The highest BCUT2D eigenvalue weighted by Gasteiger charge is 2.44. The van der Waals surface area contributed by atoms with Gasteiger partial charge in [0.1, 0.15) is 11.2 Å². The van der Waals surface area contributed by atoms with Gasteiger partial charge < -0.3 is 21.1 Å². The molecule has 1 unspecified atom stereocenters. The van der Waals surface area contributed by atoms with Crippen LogP contribution < -0.4 is 16.0 Å². The second kappa shape index (κ2) is 7.86. The highest BCUT2D eigenvalue weighted by Crippen LogP contribution is 2.38. The van der Waals surface area contributed by atoms with Crippen LogP contribution in [-0.4, -0.2) is 57.3 Å². The number of fused-ring (bicyclic) bond motifs is 1. The maximum absolute atomic E-state index is 14.1. The topological polar surface area (TPSA) is 95.0 Å². The van der Waals surface area contributed by atoms with Crippen molar-refractivity contribution < 1.29 is 22.7 Å². The number of hydrogen-bond donors (Lipinski definition) is 4. The van der Waals surface area contributed by atoms with E-state index in [1.165, 1.54) is 6.20 Å². The van der Waals surface area contributed by atoms with Gasteiger partial charge in [0, 0.05) is 24.5 Å². The lowest BCUT2D eigenvalue weighted by molar-refractivity contribution is -0.000662. The third-order valence-corrected chi connectivity index (χ3v) is 5.40. The maximum Gasteiger partial charge on any atom is 0.280 e. The van der Waals surface area contributed by atoms with Crippen molar-refractivity contribution in [2.24, 2.45) is 0 Å². The first-order valence-electron chi connectivity index (χ1n) is 9.59. The van der Waals surface area contributed by atoms with Gasteiger partial charge in [-0.1, -0.05) is 0 Å². The fourth-order valence-electron chi connectivity index (χ4n) is 3.79. The molecule has 2 aliphatic rings. The Kier molecular flexibility index (Phi) is 5.43. The summed E-state index contributed by atoms with van der Waals surface area (Å²) in [6, 6.07) is -0.317.